The summed E-state index contributed by atoms with van der Waals surface area (Å²) >= 11 is 5.94. The monoisotopic (exact) mass is 452 g/mol. The van der Waals surface area contributed by atoms with Gasteiger partial charge in [-0.25, -0.2) is 8.42 Å². The molecule has 7 nitrogen and oxygen atoms in total. The predicted molar refractivity (Wildman–Crippen MR) is 117 cm³/mol. The zero-order valence-electron chi connectivity index (χ0n) is 17.9. The maximum absolute atomic E-state index is 12.9. The first-order valence-corrected chi connectivity index (χ1v) is 12.0. The van der Waals surface area contributed by atoms with Crippen LogP contribution in [0.4, 0.5) is 0 Å². The van der Waals surface area contributed by atoms with Gasteiger partial charge in [0.1, 0.15) is 0 Å². The molecule has 30 heavy (non-hydrogen) atoms. The van der Waals surface area contributed by atoms with Crippen LogP contribution in [0.3, 0.4) is 0 Å². The van der Waals surface area contributed by atoms with E-state index in [0.29, 0.717) is 24.0 Å². The zero-order valence-corrected chi connectivity index (χ0v) is 19.5. The number of piperazine rings is 1. The number of carbonyl (C=O) groups is 1. The van der Waals surface area contributed by atoms with Crippen LogP contribution >= 0.6 is 11.6 Å². The van der Waals surface area contributed by atoms with E-state index in [1.807, 2.05) is 18.5 Å². The van der Waals surface area contributed by atoms with Crippen LogP contribution in [-0.2, 0) is 27.8 Å². The third kappa shape index (κ3) is 4.87. The molecule has 0 bridgehead atoms. The second kappa shape index (κ2) is 9.08. The van der Waals surface area contributed by atoms with Gasteiger partial charge < -0.3 is 4.90 Å². The van der Waals surface area contributed by atoms with Gasteiger partial charge in [0, 0.05) is 49.0 Å². The number of hydrogen-bond acceptors (Lipinski definition) is 4. The molecule has 0 aliphatic carbocycles. The normalized spacial score (nSPS) is 15.7. The highest BCUT2D eigenvalue weighted by Crippen LogP contribution is 2.22. The minimum Gasteiger partial charge on any atom is -0.340 e. The van der Waals surface area contributed by atoms with Crippen LogP contribution < -0.4 is 0 Å². The van der Waals surface area contributed by atoms with E-state index in [4.69, 9.17) is 11.6 Å². The average Bonchev–Trinajstić information content (AvgIpc) is 2.95. The highest BCUT2D eigenvalue weighted by Gasteiger charge is 2.30. The molecule has 2 heterocycles. The number of rotatable bonds is 6. The smallest absolute Gasteiger partial charge is 0.243 e. The van der Waals surface area contributed by atoms with Crippen LogP contribution in [0.15, 0.2) is 29.2 Å². The molecular weight excluding hydrogens is 424 g/mol. The van der Waals surface area contributed by atoms with E-state index in [9.17, 15) is 13.2 Å². The fourth-order valence-electron chi connectivity index (χ4n) is 3.73. The van der Waals surface area contributed by atoms with Crippen LogP contribution in [0.2, 0.25) is 5.02 Å². The highest BCUT2D eigenvalue weighted by atomic mass is 35.5. The molecule has 1 aromatic heterocycles. The minimum atomic E-state index is -3.62. The molecule has 9 heteroatoms. The molecule has 1 fully saturated rings. The third-order valence-electron chi connectivity index (χ3n) is 5.42. The summed E-state index contributed by atoms with van der Waals surface area (Å²) in [5.41, 5.74) is 2.87. The first-order chi connectivity index (χ1) is 14.1. The standard InChI is InChI=1S/C21H29ClN4O3S/c1-15(2)14-26-17(4)20(16(3)23-26)13-21(27)24-8-10-25(11-9-24)30(28,29)19-7-5-6-18(22)12-19/h5-7,12,15H,8-11,13-14H2,1-4H3. The van der Waals surface area contributed by atoms with Gasteiger partial charge in [-0.15, -0.1) is 0 Å². The molecule has 1 saturated heterocycles. The van der Waals surface area contributed by atoms with Crippen molar-refractivity contribution in [2.75, 3.05) is 26.2 Å². The van der Waals surface area contributed by atoms with Crippen molar-refractivity contribution in [2.45, 2.75) is 45.6 Å². The van der Waals surface area contributed by atoms with Crippen molar-refractivity contribution in [3.8, 4) is 0 Å². The van der Waals surface area contributed by atoms with Gasteiger partial charge in [-0.05, 0) is 38.0 Å². The Balaban J connectivity index is 1.64. The number of nitrogens with zero attached hydrogens (tertiary/aromatic N) is 4. The molecule has 0 spiro atoms. The second-order valence-electron chi connectivity index (χ2n) is 8.14. The number of aryl methyl sites for hydroxylation is 1. The maximum atomic E-state index is 12.9. The first kappa shape index (κ1) is 22.8. The van der Waals surface area contributed by atoms with E-state index in [2.05, 4.69) is 18.9 Å². The van der Waals surface area contributed by atoms with E-state index < -0.39 is 10.0 Å². The topological polar surface area (TPSA) is 75.5 Å². The maximum Gasteiger partial charge on any atom is 0.243 e. The van der Waals surface area contributed by atoms with Gasteiger partial charge in [0.25, 0.3) is 0 Å². The van der Waals surface area contributed by atoms with E-state index in [0.717, 1.165) is 23.5 Å². The molecule has 2 aromatic rings. The summed E-state index contributed by atoms with van der Waals surface area (Å²) in [6, 6.07) is 6.26. The van der Waals surface area contributed by atoms with Crippen molar-refractivity contribution in [3.63, 3.8) is 0 Å². The van der Waals surface area contributed by atoms with Crippen molar-refractivity contribution in [1.29, 1.82) is 0 Å². The van der Waals surface area contributed by atoms with Crippen LogP contribution in [0, 0.1) is 19.8 Å². The molecule has 1 aliphatic heterocycles. The summed E-state index contributed by atoms with van der Waals surface area (Å²) in [5, 5.41) is 4.96. The third-order valence-corrected chi connectivity index (χ3v) is 7.55. The van der Waals surface area contributed by atoms with Gasteiger partial charge in [0.05, 0.1) is 17.0 Å². The summed E-state index contributed by atoms with van der Waals surface area (Å²) < 4.78 is 29.1. The van der Waals surface area contributed by atoms with Crippen LogP contribution in [0.1, 0.15) is 30.8 Å². The number of sulfonamides is 1. The Morgan fingerprint density at radius 2 is 1.83 bits per heavy atom. The second-order valence-corrected chi connectivity index (χ2v) is 10.5. The lowest BCUT2D eigenvalue weighted by atomic mass is 10.1. The Morgan fingerprint density at radius 3 is 2.43 bits per heavy atom. The van der Waals surface area contributed by atoms with Gasteiger partial charge in [-0.2, -0.15) is 9.40 Å². The predicted octanol–water partition coefficient (Wildman–Crippen LogP) is 2.88. The van der Waals surface area contributed by atoms with Gasteiger partial charge in [0.15, 0.2) is 0 Å². The number of halogens is 1. The molecule has 1 aromatic carbocycles. The number of amides is 1. The van der Waals surface area contributed by atoms with Crippen molar-refractivity contribution < 1.29 is 13.2 Å². The lowest BCUT2D eigenvalue weighted by molar-refractivity contribution is -0.131. The van der Waals surface area contributed by atoms with E-state index in [1.54, 1.807) is 23.1 Å². The summed E-state index contributed by atoms with van der Waals surface area (Å²) in [6.45, 7) is 10.3. The van der Waals surface area contributed by atoms with E-state index in [-0.39, 0.29) is 30.3 Å². The SMILES string of the molecule is Cc1nn(CC(C)C)c(C)c1CC(=O)N1CCN(S(=O)(=O)c2cccc(Cl)c2)CC1. The Morgan fingerprint density at radius 1 is 1.17 bits per heavy atom. The van der Waals surface area contributed by atoms with Crippen molar-refractivity contribution in [2.24, 2.45) is 5.92 Å². The van der Waals surface area contributed by atoms with Crippen LogP contribution in [0.5, 0.6) is 0 Å². The van der Waals surface area contributed by atoms with Crippen molar-refractivity contribution >= 4 is 27.5 Å². The fourth-order valence-corrected chi connectivity index (χ4v) is 5.45. The van der Waals surface area contributed by atoms with Crippen LogP contribution in [0.25, 0.3) is 0 Å². The summed E-state index contributed by atoms with van der Waals surface area (Å²) in [5.74, 6) is 0.478. The molecule has 0 atom stereocenters. The first-order valence-electron chi connectivity index (χ1n) is 10.2. The molecule has 0 radical (unpaired) electrons. The number of benzene rings is 1. The van der Waals surface area contributed by atoms with Gasteiger partial charge in [-0.1, -0.05) is 31.5 Å². The quantitative estimate of drug-likeness (QED) is 0.675. The molecule has 1 amide bonds. The largest absolute Gasteiger partial charge is 0.340 e. The Kier molecular flexibility index (Phi) is 6.89. The molecule has 0 unspecified atom stereocenters. The van der Waals surface area contributed by atoms with Gasteiger partial charge in [0.2, 0.25) is 15.9 Å². The van der Waals surface area contributed by atoms with E-state index >= 15 is 0 Å². The van der Waals surface area contributed by atoms with Crippen molar-refractivity contribution in [3.05, 3.63) is 46.2 Å². The Bertz CT molecular complexity index is 1020. The molecule has 3 rings (SSSR count). The summed E-state index contributed by atoms with van der Waals surface area (Å²) in [4.78, 5) is 14.8. The molecular formula is C21H29ClN4O3S. The fraction of sp³-hybridized carbons (Fsp3) is 0.524. The summed E-state index contributed by atoms with van der Waals surface area (Å²) in [6.07, 6.45) is 0.288. The molecule has 164 valence electrons. The van der Waals surface area contributed by atoms with Gasteiger partial charge >= 0.3 is 0 Å². The number of carbonyl (C=O) groups excluding carboxylic acids is 1. The molecule has 1 aliphatic rings. The highest BCUT2D eigenvalue weighted by molar-refractivity contribution is 7.89. The lowest BCUT2D eigenvalue weighted by Gasteiger charge is -2.34. The van der Waals surface area contributed by atoms with Gasteiger partial charge in [-0.3, -0.25) is 9.48 Å². The van der Waals surface area contributed by atoms with Crippen LogP contribution in [-0.4, -0.2) is 59.5 Å². The van der Waals surface area contributed by atoms with Crippen molar-refractivity contribution in [1.82, 2.24) is 19.0 Å². The zero-order chi connectivity index (χ0) is 22.1. The molecule has 0 saturated carbocycles. The Hall–Kier alpha value is -1.90. The lowest BCUT2D eigenvalue weighted by Crippen LogP contribution is -2.50. The number of aromatic nitrogens is 2. The van der Waals surface area contributed by atoms with E-state index in [1.165, 1.54) is 10.4 Å². The Labute approximate surface area is 183 Å². The minimum absolute atomic E-state index is 0.00472. The summed E-state index contributed by atoms with van der Waals surface area (Å²) in [7, 11) is -3.62. The number of hydrogen-bond donors (Lipinski definition) is 0. The molecule has 0 N–H and O–H groups in total. The average molecular weight is 453 g/mol.